The molecule has 59 valence electrons. The van der Waals surface area contributed by atoms with Crippen molar-refractivity contribution in [2.75, 3.05) is 19.6 Å². The first-order valence-corrected chi connectivity index (χ1v) is 3.72. The second-order valence-electron chi connectivity index (χ2n) is 2.13. The van der Waals surface area contributed by atoms with Crippen molar-refractivity contribution in [1.82, 2.24) is 10.6 Å². The van der Waals surface area contributed by atoms with Crippen molar-refractivity contribution in [1.29, 1.82) is 0 Å². The molecule has 0 aliphatic heterocycles. The normalized spacial score (nSPS) is 9.30. The van der Waals surface area contributed by atoms with Crippen LogP contribution in [0.2, 0.25) is 0 Å². The Hall–Kier alpha value is -0.570. The molecule has 0 aromatic heterocycles. The maximum absolute atomic E-state index is 9.63. The van der Waals surface area contributed by atoms with Gasteiger partial charge in [-0.15, -0.1) is 0 Å². The number of hydrogen-bond acceptors (Lipinski definition) is 2. The van der Waals surface area contributed by atoms with Gasteiger partial charge in [0.1, 0.15) is 0 Å². The van der Waals surface area contributed by atoms with Crippen LogP contribution in [-0.4, -0.2) is 26.0 Å². The third-order valence-corrected chi connectivity index (χ3v) is 1.21. The molecule has 3 nitrogen and oxygen atoms in total. The number of amides is 1. The standard InChI is InChI=1S/C7H15N2O/c1-2-3-4-8-5-6-9-7-10/h8H,2-6H2,1H3,(H,9,10). The average molecular weight is 143 g/mol. The average Bonchev–Trinajstić information content (AvgIpc) is 1.97. The summed E-state index contributed by atoms with van der Waals surface area (Å²) in [7, 11) is 0. The molecule has 0 saturated carbocycles. The maximum Gasteiger partial charge on any atom is 0.309 e. The lowest BCUT2D eigenvalue weighted by Gasteiger charge is -2.00. The lowest BCUT2D eigenvalue weighted by molar-refractivity contribution is 0.538. The summed E-state index contributed by atoms with van der Waals surface area (Å²) in [5.74, 6) is 0. The van der Waals surface area contributed by atoms with E-state index >= 15 is 0 Å². The highest BCUT2D eigenvalue weighted by Crippen LogP contribution is 1.80. The Balaban J connectivity index is 2.70. The molecule has 0 bridgehead atoms. The Morgan fingerprint density at radius 3 is 2.70 bits per heavy atom. The van der Waals surface area contributed by atoms with Gasteiger partial charge in [-0.05, 0) is 13.0 Å². The summed E-state index contributed by atoms with van der Waals surface area (Å²) < 4.78 is 0. The Kier molecular flexibility index (Phi) is 7.95. The Morgan fingerprint density at radius 2 is 2.10 bits per heavy atom. The SMILES string of the molecule is CCCCNCCN[C]=O. The van der Waals surface area contributed by atoms with Gasteiger partial charge < -0.3 is 10.6 Å². The van der Waals surface area contributed by atoms with E-state index in [4.69, 9.17) is 0 Å². The van der Waals surface area contributed by atoms with Crippen LogP contribution < -0.4 is 10.6 Å². The summed E-state index contributed by atoms with van der Waals surface area (Å²) in [4.78, 5) is 9.63. The molecule has 0 spiro atoms. The lowest BCUT2D eigenvalue weighted by Crippen LogP contribution is -2.26. The van der Waals surface area contributed by atoms with Crippen LogP contribution in [-0.2, 0) is 4.79 Å². The van der Waals surface area contributed by atoms with Gasteiger partial charge in [-0.2, -0.15) is 0 Å². The van der Waals surface area contributed by atoms with Gasteiger partial charge >= 0.3 is 6.41 Å². The fourth-order valence-corrected chi connectivity index (χ4v) is 0.629. The first kappa shape index (κ1) is 9.43. The van der Waals surface area contributed by atoms with Gasteiger partial charge in [0.15, 0.2) is 0 Å². The topological polar surface area (TPSA) is 41.1 Å². The Bertz CT molecular complexity index is 76.0. The minimum atomic E-state index is 0.674. The fourth-order valence-electron chi connectivity index (χ4n) is 0.629. The van der Waals surface area contributed by atoms with Gasteiger partial charge in [-0.3, -0.25) is 4.79 Å². The maximum atomic E-state index is 9.63. The van der Waals surface area contributed by atoms with E-state index in [2.05, 4.69) is 17.6 Å². The second-order valence-corrected chi connectivity index (χ2v) is 2.13. The van der Waals surface area contributed by atoms with E-state index in [1.807, 2.05) is 0 Å². The van der Waals surface area contributed by atoms with Crippen molar-refractivity contribution in [2.45, 2.75) is 19.8 Å². The number of carbonyl (C=O) groups excluding carboxylic acids is 1. The van der Waals surface area contributed by atoms with Gasteiger partial charge in [-0.1, -0.05) is 13.3 Å². The number of unbranched alkanes of at least 4 members (excludes halogenated alkanes) is 1. The molecule has 0 aliphatic carbocycles. The van der Waals surface area contributed by atoms with Crippen LogP contribution in [0.1, 0.15) is 19.8 Å². The Labute approximate surface area is 62.2 Å². The molecule has 1 radical (unpaired) electrons. The van der Waals surface area contributed by atoms with Gasteiger partial charge in [0.2, 0.25) is 0 Å². The van der Waals surface area contributed by atoms with Crippen LogP contribution in [0.4, 0.5) is 0 Å². The summed E-state index contributed by atoms with van der Waals surface area (Å²) in [6, 6.07) is 0. The zero-order chi connectivity index (χ0) is 7.66. The summed E-state index contributed by atoms with van der Waals surface area (Å²) in [5.41, 5.74) is 0. The number of hydrogen-bond donors (Lipinski definition) is 2. The van der Waals surface area contributed by atoms with Gasteiger partial charge in [0.05, 0.1) is 0 Å². The van der Waals surface area contributed by atoms with Gasteiger partial charge in [-0.25, -0.2) is 0 Å². The predicted octanol–water partition coefficient (Wildman–Crippen LogP) is 0.0329. The summed E-state index contributed by atoms with van der Waals surface area (Å²) in [5, 5.41) is 5.64. The van der Waals surface area contributed by atoms with E-state index in [0.717, 1.165) is 13.1 Å². The smallest absolute Gasteiger partial charge is 0.309 e. The lowest BCUT2D eigenvalue weighted by atomic mass is 10.3. The largest absolute Gasteiger partial charge is 0.347 e. The van der Waals surface area contributed by atoms with Crippen molar-refractivity contribution in [2.24, 2.45) is 0 Å². The first-order chi connectivity index (χ1) is 4.91. The molecular formula is C7H15N2O. The molecule has 0 rings (SSSR count). The molecule has 3 heteroatoms. The molecule has 0 aliphatic rings. The molecule has 0 atom stereocenters. The van der Waals surface area contributed by atoms with E-state index in [0.29, 0.717) is 6.54 Å². The van der Waals surface area contributed by atoms with Crippen LogP contribution in [0.5, 0.6) is 0 Å². The number of rotatable bonds is 7. The summed E-state index contributed by atoms with van der Waals surface area (Å²) >= 11 is 0. The van der Waals surface area contributed by atoms with Crippen molar-refractivity contribution < 1.29 is 4.79 Å². The quantitative estimate of drug-likeness (QED) is 0.390. The first-order valence-electron chi connectivity index (χ1n) is 3.72. The molecule has 0 fully saturated rings. The van der Waals surface area contributed by atoms with Crippen LogP contribution in [0.25, 0.3) is 0 Å². The fraction of sp³-hybridized carbons (Fsp3) is 0.857. The zero-order valence-electron chi connectivity index (χ0n) is 6.44. The highest BCUT2D eigenvalue weighted by atomic mass is 16.1. The van der Waals surface area contributed by atoms with Crippen molar-refractivity contribution in [3.8, 4) is 0 Å². The van der Waals surface area contributed by atoms with E-state index in [-0.39, 0.29) is 0 Å². The highest BCUT2D eigenvalue weighted by molar-refractivity contribution is 5.46. The molecule has 0 aromatic rings. The third-order valence-electron chi connectivity index (χ3n) is 1.21. The monoisotopic (exact) mass is 143 g/mol. The minimum Gasteiger partial charge on any atom is -0.347 e. The molecule has 1 amide bonds. The predicted molar refractivity (Wildman–Crippen MR) is 41.5 cm³/mol. The van der Waals surface area contributed by atoms with Crippen molar-refractivity contribution >= 4 is 6.41 Å². The molecule has 0 saturated heterocycles. The van der Waals surface area contributed by atoms with Crippen molar-refractivity contribution in [3.05, 3.63) is 0 Å². The molecular weight excluding hydrogens is 128 g/mol. The van der Waals surface area contributed by atoms with Crippen LogP contribution in [0.3, 0.4) is 0 Å². The summed E-state index contributed by atoms with van der Waals surface area (Å²) in [6.45, 7) is 4.71. The second kappa shape index (κ2) is 8.43. The molecule has 0 heterocycles. The van der Waals surface area contributed by atoms with E-state index in [1.165, 1.54) is 12.8 Å². The highest BCUT2D eigenvalue weighted by Gasteiger charge is 1.84. The van der Waals surface area contributed by atoms with Gasteiger partial charge in [0.25, 0.3) is 0 Å². The van der Waals surface area contributed by atoms with Crippen LogP contribution in [0, 0.1) is 0 Å². The molecule has 10 heavy (non-hydrogen) atoms. The summed E-state index contributed by atoms with van der Waals surface area (Å²) in [6.07, 6.45) is 4.03. The number of nitrogens with one attached hydrogen (secondary N) is 2. The van der Waals surface area contributed by atoms with Crippen molar-refractivity contribution in [3.63, 3.8) is 0 Å². The van der Waals surface area contributed by atoms with Crippen LogP contribution in [0.15, 0.2) is 0 Å². The van der Waals surface area contributed by atoms with E-state index in [1.54, 1.807) is 6.41 Å². The third kappa shape index (κ3) is 7.43. The molecule has 2 N–H and O–H groups in total. The minimum absolute atomic E-state index is 0.674. The van der Waals surface area contributed by atoms with Crippen LogP contribution >= 0.6 is 0 Å². The van der Waals surface area contributed by atoms with E-state index in [9.17, 15) is 4.79 Å². The van der Waals surface area contributed by atoms with E-state index < -0.39 is 0 Å². The van der Waals surface area contributed by atoms with Gasteiger partial charge in [0, 0.05) is 13.1 Å². The molecule has 0 aromatic carbocycles. The Morgan fingerprint density at radius 1 is 1.30 bits per heavy atom. The zero-order valence-corrected chi connectivity index (χ0v) is 6.44. The molecule has 0 unspecified atom stereocenters.